The van der Waals surface area contributed by atoms with Crippen molar-refractivity contribution < 1.29 is 28.5 Å². The van der Waals surface area contributed by atoms with Crippen molar-refractivity contribution in [3.05, 3.63) is 95.8 Å². The van der Waals surface area contributed by atoms with Crippen molar-refractivity contribution in [1.82, 2.24) is 0 Å². The van der Waals surface area contributed by atoms with Gasteiger partial charge in [-0.25, -0.2) is 9.18 Å². The molecule has 1 amide bonds. The van der Waals surface area contributed by atoms with Gasteiger partial charge >= 0.3 is 6.09 Å². The summed E-state index contributed by atoms with van der Waals surface area (Å²) in [6.45, 7) is 0.221. The van der Waals surface area contributed by atoms with Gasteiger partial charge in [0.15, 0.2) is 17.6 Å². The summed E-state index contributed by atoms with van der Waals surface area (Å²) in [4.78, 5) is 11.3. The Kier molecular flexibility index (Phi) is 6.65. The van der Waals surface area contributed by atoms with Gasteiger partial charge in [0, 0.05) is 6.07 Å². The van der Waals surface area contributed by atoms with Gasteiger partial charge in [-0.2, -0.15) is 0 Å². The number of primary amides is 1. The maximum absolute atomic E-state index is 13.8. The lowest BCUT2D eigenvalue weighted by atomic mass is 10.1. The number of halogens is 1. The highest BCUT2D eigenvalue weighted by Gasteiger charge is 2.27. The summed E-state index contributed by atoms with van der Waals surface area (Å²) in [6.07, 6.45) is -3.94. The van der Waals surface area contributed by atoms with Crippen molar-refractivity contribution >= 4 is 6.09 Å². The van der Waals surface area contributed by atoms with E-state index in [0.29, 0.717) is 5.56 Å². The van der Waals surface area contributed by atoms with Crippen LogP contribution in [0.25, 0.3) is 0 Å². The zero-order valence-electron chi connectivity index (χ0n) is 15.4. The van der Waals surface area contributed by atoms with Gasteiger partial charge in [-0.15, -0.1) is 0 Å². The molecule has 3 N–H and O–H groups in total. The molecule has 2 atom stereocenters. The van der Waals surface area contributed by atoms with Crippen LogP contribution in [0.3, 0.4) is 0 Å². The third-order valence-corrected chi connectivity index (χ3v) is 4.02. The maximum atomic E-state index is 13.8. The highest BCUT2D eigenvalue weighted by Crippen LogP contribution is 2.32. The third-order valence-electron chi connectivity index (χ3n) is 4.02. The Hall–Kier alpha value is -3.58. The van der Waals surface area contributed by atoms with Gasteiger partial charge in [-0.1, -0.05) is 60.7 Å². The van der Waals surface area contributed by atoms with Crippen LogP contribution < -0.4 is 15.2 Å². The van der Waals surface area contributed by atoms with E-state index < -0.39 is 24.3 Å². The Morgan fingerprint density at radius 3 is 2.28 bits per heavy atom. The van der Waals surface area contributed by atoms with Crippen LogP contribution in [0.5, 0.6) is 11.5 Å². The fourth-order valence-electron chi connectivity index (χ4n) is 2.68. The molecule has 0 fully saturated rings. The summed E-state index contributed by atoms with van der Waals surface area (Å²) in [5, 5.41) is 10.5. The molecular formula is C22H20FNO5. The standard InChI is InChI=1S/C22H20FNO5/c23-17-11-12-18(27-14-15-7-3-1-4-8-15)19(13-17)28-21(25)20(29-22(24)26)16-9-5-2-6-10-16/h1-13,20-21,25H,14H2,(H2,24,26). The van der Waals surface area contributed by atoms with Gasteiger partial charge < -0.3 is 25.1 Å². The van der Waals surface area contributed by atoms with Crippen molar-refractivity contribution in [2.45, 2.75) is 19.0 Å². The molecule has 0 aromatic heterocycles. The Labute approximate surface area is 167 Å². The summed E-state index contributed by atoms with van der Waals surface area (Å²) in [5.41, 5.74) is 6.48. The maximum Gasteiger partial charge on any atom is 0.405 e. The molecule has 29 heavy (non-hydrogen) atoms. The van der Waals surface area contributed by atoms with Crippen molar-refractivity contribution in [3.63, 3.8) is 0 Å². The molecule has 3 aromatic carbocycles. The lowest BCUT2D eigenvalue weighted by molar-refractivity contribution is -0.108. The van der Waals surface area contributed by atoms with Crippen molar-refractivity contribution in [2.75, 3.05) is 0 Å². The van der Waals surface area contributed by atoms with E-state index in [4.69, 9.17) is 19.9 Å². The minimum atomic E-state index is -1.65. The van der Waals surface area contributed by atoms with Crippen LogP contribution in [-0.4, -0.2) is 17.5 Å². The number of carbonyl (C=O) groups excluding carboxylic acids is 1. The lowest BCUT2D eigenvalue weighted by Gasteiger charge is -2.24. The van der Waals surface area contributed by atoms with Gasteiger partial charge in [0.05, 0.1) is 0 Å². The van der Waals surface area contributed by atoms with Crippen LogP contribution in [-0.2, 0) is 11.3 Å². The molecule has 6 nitrogen and oxygen atoms in total. The molecule has 0 bridgehead atoms. The highest BCUT2D eigenvalue weighted by molar-refractivity contribution is 5.65. The molecule has 0 aliphatic carbocycles. The number of aliphatic hydroxyl groups excluding tert-OH is 1. The van der Waals surface area contributed by atoms with Gasteiger partial charge in [0.1, 0.15) is 12.4 Å². The van der Waals surface area contributed by atoms with Gasteiger partial charge in [-0.05, 0) is 23.3 Å². The largest absolute Gasteiger partial charge is 0.485 e. The first-order valence-electron chi connectivity index (χ1n) is 8.85. The second kappa shape index (κ2) is 9.57. The molecule has 0 aliphatic heterocycles. The molecule has 0 saturated heterocycles. The van der Waals surface area contributed by atoms with Gasteiger partial charge in [0.2, 0.25) is 6.29 Å². The molecule has 0 saturated carbocycles. The van der Waals surface area contributed by atoms with Crippen LogP contribution in [0.1, 0.15) is 17.2 Å². The van der Waals surface area contributed by atoms with Crippen molar-refractivity contribution in [1.29, 1.82) is 0 Å². The van der Waals surface area contributed by atoms with E-state index in [1.54, 1.807) is 30.3 Å². The monoisotopic (exact) mass is 397 g/mol. The molecule has 0 radical (unpaired) electrons. The van der Waals surface area contributed by atoms with Crippen LogP contribution >= 0.6 is 0 Å². The van der Waals surface area contributed by atoms with E-state index in [-0.39, 0.29) is 18.1 Å². The molecule has 150 valence electrons. The fraction of sp³-hybridized carbons (Fsp3) is 0.136. The van der Waals surface area contributed by atoms with Crippen LogP contribution in [0.2, 0.25) is 0 Å². The summed E-state index contributed by atoms with van der Waals surface area (Å²) in [6, 6.07) is 21.5. The zero-order valence-corrected chi connectivity index (χ0v) is 15.4. The lowest BCUT2D eigenvalue weighted by Crippen LogP contribution is -2.31. The number of ether oxygens (including phenoxy) is 3. The third kappa shape index (κ3) is 5.70. The smallest absolute Gasteiger partial charge is 0.405 e. The topological polar surface area (TPSA) is 91.0 Å². The summed E-state index contributed by atoms with van der Waals surface area (Å²) < 4.78 is 30.0. The average molecular weight is 397 g/mol. The van der Waals surface area contributed by atoms with Gasteiger partial charge in [-0.3, -0.25) is 0 Å². The van der Waals surface area contributed by atoms with E-state index in [0.717, 1.165) is 11.6 Å². The van der Waals surface area contributed by atoms with E-state index in [1.807, 2.05) is 30.3 Å². The first-order valence-corrected chi connectivity index (χ1v) is 8.85. The van der Waals surface area contributed by atoms with Gasteiger partial charge in [0.25, 0.3) is 0 Å². The zero-order chi connectivity index (χ0) is 20.6. The normalized spacial score (nSPS) is 12.6. The molecule has 3 aromatic rings. The SMILES string of the molecule is NC(=O)OC(c1ccccc1)C(O)Oc1cc(F)ccc1OCc1ccccc1. The molecular weight excluding hydrogens is 377 g/mol. The number of rotatable bonds is 8. The second-order valence-corrected chi connectivity index (χ2v) is 6.14. The highest BCUT2D eigenvalue weighted by atomic mass is 19.1. The first-order chi connectivity index (χ1) is 14.0. The average Bonchev–Trinajstić information content (AvgIpc) is 2.72. The second-order valence-electron chi connectivity index (χ2n) is 6.14. The number of amides is 1. The predicted octanol–water partition coefficient (Wildman–Crippen LogP) is 3.94. The number of benzene rings is 3. The predicted molar refractivity (Wildman–Crippen MR) is 104 cm³/mol. The van der Waals surface area contributed by atoms with Crippen LogP contribution in [0, 0.1) is 5.82 Å². The molecule has 0 aliphatic rings. The molecule has 7 heteroatoms. The van der Waals surface area contributed by atoms with E-state index in [9.17, 15) is 14.3 Å². The summed E-state index contributed by atoms with van der Waals surface area (Å²) in [7, 11) is 0. The van der Waals surface area contributed by atoms with Crippen LogP contribution in [0.15, 0.2) is 78.9 Å². The number of carbonyl (C=O) groups is 1. The molecule has 3 rings (SSSR count). The van der Waals surface area contributed by atoms with Crippen LogP contribution in [0.4, 0.5) is 9.18 Å². The Morgan fingerprint density at radius 2 is 1.62 bits per heavy atom. The minimum Gasteiger partial charge on any atom is -0.485 e. The Morgan fingerprint density at radius 1 is 0.966 bits per heavy atom. The molecule has 0 heterocycles. The Bertz CT molecular complexity index is 936. The van der Waals surface area contributed by atoms with Crippen molar-refractivity contribution in [2.24, 2.45) is 5.73 Å². The summed E-state index contributed by atoms with van der Waals surface area (Å²) in [5.74, 6) is -0.394. The molecule has 2 unspecified atom stereocenters. The minimum absolute atomic E-state index is 0.0394. The summed E-state index contributed by atoms with van der Waals surface area (Å²) >= 11 is 0. The van der Waals surface area contributed by atoms with E-state index in [1.165, 1.54) is 12.1 Å². The van der Waals surface area contributed by atoms with Crippen molar-refractivity contribution in [3.8, 4) is 11.5 Å². The van der Waals surface area contributed by atoms with E-state index in [2.05, 4.69) is 0 Å². The van der Waals surface area contributed by atoms with E-state index >= 15 is 0 Å². The first kappa shape index (κ1) is 20.2. The quantitative estimate of drug-likeness (QED) is 0.562. The number of hydrogen-bond donors (Lipinski definition) is 2. The number of nitrogens with two attached hydrogens (primary N) is 1. The Balaban J connectivity index is 1.79. The number of hydrogen-bond acceptors (Lipinski definition) is 5. The number of aliphatic hydroxyl groups is 1. The fourth-order valence-corrected chi connectivity index (χ4v) is 2.68. The molecule has 0 spiro atoms.